The molecule has 0 saturated carbocycles. The zero-order valence-electron chi connectivity index (χ0n) is 14.5. The predicted octanol–water partition coefficient (Wildman–Crippen LogP) is 2.36. The number of aromatic nitrogens is 1. The molecule has 2 aromatic rings. The number of carbonyl (C=O) groups excluding carboxylic acids is 1. The molecule has 6 heteroatoms. The number of anilines is 2. The van der Waals surface area contributed by atoms with Crippen molar-refractivity contribution in [2.75, 3.05) is 42.9 Å². The molecule has 1 saturated heterocycles. The normalized spacial score (nSPS) is 14.8. The van der Waals surface area contributed by atoms with Gasteiger partial charge in [-0.15, -0.1) is 0 Å². The lowest BCUT2D eigenvalue weighted by Crippen LogP contribution is -2.50. The molecule has 128 valence electrons. The number of piperazine rings is 1. The quantitative estimate of drug-likeness (QED) is 0.933. The monoisotopic (exact) mass is 328 g/mol. The summed E-state index contributed by atoms with van der Waals surface area (Å²) >= 11 is 0. The smallest absolute Gasteiger partial charge is 0.242 e. The Morgan fingerprint density at radius 1 is 1.21 bits per heavy atom. The minimum absolute atomic E-state index is 0.0938. The zero-order chi connectivity index (χ0) is 17.1. The van der Waals surface area contributed by atoms with Crippen molar-refractivity contribution >= 4 is 17.4 Å². The van der Waals surface area contributed by atoms with E-state index in [9.17, 15) is 4.79 Å². The number of rotatable bonds is 4. The molecule has 2 heterocycles. The SMILES string of the molecule is Cc1cc(NCC(=O)N2CCN(c3cccc(C)c3C)CC2)no1. The van der Waals surface area contributed by atoms with Crippen molar-refractivity contribution in [1.29, 1.82) is 0 Å². The third-order valence-electron chi connectivity index (χ3n) is 4.60. The van der Waals surface area contributed by atoms with Crippen LogP contribution in [0.15, 0.2) is 28.8 Å². The van der Waals surface area contributed by atoms with E-state index in [0.29, 0.717) is 5.82 Å². The minimum atomic E-state index is 0.0938. The molecular formula is C18H24N4O2. The molecule has 3 rings (SSSR count). The van der Waals surface area contributed by atoms with Gasteiger partial charge in [-0.3, -0.25) is 4.79 Å². The largest absolute Gasteiger partial charge is 0.368 e. The van der Waals surface area contributed by atoms with E-state index < -0.39 is 0 Å². The molecule has 6 nitrogen and oxygen atoms in total. The van der Waals surface area contributed by atoms with Crippen LogP contribution in [0.3, 0.4) is 0 Å². The first-order valence-electron chi connectivity index (χ1n) is 8.31. The summed E-state index contributed by atoms with van der Waals surface area (Å²) in [5, 5.41) is 6.85. The van der Waals surface area contributed by atoms with Gasteiger partial charge >= 0.3 is 0 Å². The van der Waals surface area contributed by atoms with Crippen molar-refractivity contribution in [3.05, 3.63) is 41.2 Å². The topological polar surface area (TPSA) is 61.6 Å². The number of benzene rings is 1. The van der Waals surface area contributed by atoms with Gasteiger partial charge in [0.15, 0.2) is 5.82 Å². The maximum absolute atomic E-state index is 12.3. The first-order valence-corrected chi connectivity index (χ1v) is 8.31. The average Bonchev–Trinajstić information content (AvgIpc) is 3.01. The molecule has 1 aliphatic heterocycles. The maximum atomic E-state index is 12.3. The fourth-order valence-corrected chi connectivity index (χ4v) is 3.00. The molecule has 1 N–H and O–H groups in total. The summed E-state index contributed by atoms with van der Waals surface area (Å²) in [6.07, 6.45) is 0. The standard InChI is InChI=1S/C18H24N4O2/c1-13-5-4-6-16(15(13)3)21-7-9-22(10-8-21)18(23)12-19-17-11-14(2)24-20-17/h4-6,11H,7-10,12H2,1-3H3,(H,19,20). The predicted molar refractivity (Wildman–Crippen MR) is 94.4 cm³/mol. The van der Waals surface area contributed by atoms with Crippen LogP contribution in [0.1, 0.15) is 16.9 Å². The highest BCUT2D eigenvalue weighted by Gasteiger charge is 2.22. The average molecular weight is 328 g/mol. The lowest BCUT2D eigenvalue weighted by Gasteiger charge is -2.37. The molecule has 1 aromatic carbocycles. The molecule has 24 heavy (non-hydrogen) atoms. The highest BCUT2D eigenvalue weighted by atomic mass is 16.5. The van der Waals surface area contributed by atoms with Crippen LogP contribution in [-0.2, 0) is 4.79 Å². The summed E-state index contributed by atoms with van der Waals surface area (Å²) in [6.45, 7) is 9.57. The number of amides is 1. The van der Waals surface area contributed by atoms with Crippen LogP contribution in [0.5, 0.6) is 0 Å². The van der Waals surface area contributed by atoms with Crippen LogP contribution in [0.4, 0.5) is 11.5 Å². The summed E-state index contributed by atoms with van der Waals surface area (Å²) in [6, 6.07) is 8.18. The number of aryl methyl sites for hydroxylation is 2. The number of nitrogens with one attached hydrogen (secondary N) is 1. The number of hydrogen-bond donors (Lipinski definition) is 1. The minimum Gasteiger partial charge on any atom is -0.368 e. The van der Waals surface area contributed by atoms with E-state index in [4.69, 9.17) is 4.52 Å². The Morgan fingerprint density at radius 3 is 2.62 bits per heavy atom. The van der Waals surface area contributed by atoms with Crippen LogP contribution < -0.4 is 10.2 Å². The van der Waals surface area contributed by atoms with Crippen molar-refractivity contribution in [3.63, 3.8) is 0 Å². The first-order chi connectivity index (χ1) is 11.5. The Labute approximate surface area is 142 Å². The third kappa shape index (κ3) is 3.53. The van der Waals surface area contributed by atoms with E-state index in [1.165, 1.54) is 16.8 Å². The lowest BCUT2D eigenvalue weighted by atomic mass is 10.1. The number of hydrogen-bond acceptors (Lipinski definition) is 5. The molecule has 0 aliphatic carbocycles. The van der Waals surface area contributed by atoms with E-state index in [-0.39, 0.29) is 12.5 Å². The molecular weight excluding hydrogens is 304 g/mol. The van der Waals surface area contributed by atoms with E-state index in [2.05, 4.69) is 47.4 Å². The second kappa shape index (κ2) is 6.95. The molecule has 0 radical (unpaired) electrons. The van der Waals surface area contributed by atoms with Crippen molar-refractivity contribution < 1.29 is 9.32 Å². The summed E-state index contributed by atoms with van der Waals surface area (Å²) < 4.78 is 4.98. The lowest BCUT2D eigenvalue weighted by molar-refractivity contribution is -0.129. The molecule has 0 unspecified atom stereocenters. The second-order valence-electron chi connectivity index (χ2n) is 6.26. The van der Waals surface area contributed by atoms with Crippen molar-refractivity contribution in [1.82, 2.24) is 10.1 Å². The van der Waals surface area contributed by atoms with Gasteiger partial charge in [-0.25, -0.2) is 0 Å². The van der Waals surface area contributed by atoms with Crippen LogP contribution in [0.2, 0.25) is 0 Å². The fraction of sp³-hybridized carbons (Fsp3) is 0.444. The molecule has 1 fully saturated rings. The van der Waals surface area contributed by atoms with Gasteiger partial charge < -0.3 is 19.6 Å². The number of carbonyl (C=O) groups is 1. The molecule has 0 atom stereocenters. The van der Waals surface area contributed by atoms with E-state index in [0.717, 1.165) is 31.9 Å². The number of nitrogens with zero attached hydrogens (tertiary/aromatic N) is 3. The second-order valence-corrected chi connectivity index (χ2v) is 6.26. The molecule has 1 aliphatic rings. The van der Waals surface area contributed by atoms with Gasteiger partial charge in [0.2, 0.25) is 5.91 Å². The van der Waals surface area contributed by atoms with Gasteiger partial charge in [-0.05, 0) is 38.0 Å². The van der Waals surface area contributed by atoms with Crippen molar-refractivity contribution in [2.45, 2.75) is 20.8 Å². The highest BCUT2D eigenvalue weighted by Crippen LogP contribution is 2.23. The van der Waals surface area contributed by atoms with Crippen molar-refractivity contribution in [3.8, 4) is 0 Å². The van der Waals surface area contributed by atoms with Gasteiger partial charge in [-0.2, -0.15) is 0 Å². The Morgan fingerprint density at radius 2 is 1.96 bits per heavy atom. The molecule has 0 bridgehead atoms. The maximum Gasteiger partial charge on any atom is 0.242 e. The summed E-state index contributed by atoms with van der Waals surface area (Å²) in [5.41, 5.74) is 3.90. The van der Waals surface area contributed by atoms with Crippen LogP contribution in [0, 0.1) is 20.8 Å². The van der Waals surface area contributed by atoms with Crippen LogP contribution >= 0.6 is 0 Å². The van der Waals surface area contributed by atoms with Gasteiger partial charge in [0, 0.05) is 37.9 Å². The Hall–Kier alpha value is -2.50. The summed E-state index contributed by atoms with van der Waals surface area (Å²) in [7, 11) is 0. The third-order valence-corrected chi connectivity index (χ3v) is 4.60. The Balaban J connectivity index is 1.53. The molecule has 1 aromatic heterocycles. The first kappa shape index (κ1) is 16.4. The summed E-state index contributed by atoms with van der Waals surface area (Å²) in [4.78, 5) is 16.6. The van der Waals surface area contributed by atoms with E-state index in [1.807, 2.05) is 11.8 Å². The fourth-order valence-electron chi connectivity index (χ4n) is 3.00. The highest BCUT2D eigenvalue weighted by molar-refractivity contribution is 5.81. The summed E-state index contributed by atoms with van der Waals surface area (Å²) in [5.74, 6) is 1.43. The van der Waals surface area contributed by atoms with Gasteiger partial charge in [0.05, 0.1) is 6.54 Å². The molecule has 0 spiro atoms. The zero-order valence-corrected chi connectivity index (χ0v) is 14.5. The van der Waals surface area contributed by atoms with Gasteiger partial charge in [0.25, 0.3) is 0 Å². The van der Waals surface area contributed by atoms with Crippen molar-refractivity contribution in [2.24, 2.45) is 0 Å². The molecule has 1 amide bonds. The Kier molecular flexibility index (Phi) is 4.74. The van der Waals surface area contributed by atoms with E-state index >= 15 is 0 Å². The van der Waals surface area contributed by atoms with Crippen LogP contribution in [0.25, 0.3) is 0 Å². The van der Waals surface area contributed by atoms with Crippen LogP contribution in [-0.4, -0.2) is 48.7 Å². The Bertz CT molecular complexity index is 718. The van der Waals surface area contributed by atoms with Gasteiger partial charge in [-0.1, -0.05) is 17.3 Å². The van der Waals surface area contributed by atoms with E-state index in [1.54, 1.807) is 6.07 Å². The van der Waals surface area contributed by atoms with Gasteiger partial charge in [0.1, 0.15) is 5.76 Å².